The first-order valence-electron chi connectivity index (χ1n) is 7.82. The SMILES string of the molecule is CCCC12CC3CC(N)(C1)CC(CCC)(C3)C2. The first kappa shape index (κ1) is 12.0. The van der Waals surface area contributed by atoms with Gasteiger partial charge in [0.05, 0.1) is 0 Å². The molecule has 4 fully saturated rings. The second kappa shape index (κ2) is 3.73. The molecule has 0 spiro atoms. The van der Waals surface area contributed by atoms with E-state index in [1.54, 1.807) is 0 Å². The Morgan fingerprint density at radius 2 is 1.41 bits per heavy atom. The summed E-state index contributed by atoms with van der Waals surface area (Å²) in [7, 11) is 0. The predicted octanol–water partition coefficient (Wildman–Crippen LogP) is 4.25. The standard InChI is InChI=1S/C16H29N/c1-3-5-14-7-13-8-15(10-14,6-4-2)12-16(17,9-13)11-14/h13H,3-12,17H2,1-2H3. The number of rotatable bonds is 4. The Hall–Kier alpha value is -0.0400. The molecule has 4 rings (SSSR count). The van der Waals surface area contributed by atoms with Crippen LogP contribution in [-0.2, 0) is 0 Å². The molecular formula is C16H29N. The topological polar surface area (TPSA) is 26.0 Å². The zero-order valence-electron chi connectivity index (χ0n) is 11.7. The van der Waals surface area contributed by atoms with Gasteiger partial charge in [-0.05, 0) is 68.1 Å². The van der Waals surface area contributed by atoms with E-state index < -0.39 is 0 Å². The fourth-order valence-electron chi connectivity index (χ4n) is 6.54. The highest BCUT2D eigenvalue weighted by Crippen LogP contribution is 2.68. The summed E-state index contributed by atoms with van der Waals surface area (Å²) in [4.78, 5) is 0. The molecule has 0 aliphatic heterocycles. The minimum atomic E-state index is 0.226. The maximum Gasteiger partial charge on any atom is 0.0167 e. The van der Waals surface area contributed by atoms with Gasteiger partial charge in [-0.25, -0.2) is 0 Å². The van der Waals surface area contributed by atoms with Crippen LogP contribution in [0.25, 0.3) is 0 Å². The van der Waals surface area contributed by atoms with Crippen LogP contribution in [-0.4, -0.2) is 5.54 Å². The Morgan fingerprint density at radius 3 is 1.82 bits per heavy atom. The second-order valence-corrected chi connectivity index (χ2v) is 7.87. The molecule has 4 saturated carbocycles. The van der Waals surface area contributed by atoms with E-state index in [4.69, 9.17) is 5.73 Å². The van der Waals surface area contributed by atoms with Gasteiger partial charge in [0.2, 0.25) is 0 Å². The first-order valence-corrected chi connectivity index (χ1v) is 7.82. The van der Waals surface area contributed by atoms with Crippen molar-refractivity contribution in [3.05, 3.63) is 0 Å². The highest BCUT2D eigenvalue weighted by molar-refractivity contribution is 5.15. The Morgan fingerprint density at radius 1 is 0.882 bits per heavy atom. The van der Waals surface area contributed by atoms with Crippen molar-refractivity contribution in [2.75, 3.05) is 0 Å². The van der Waals surface area contributed by atoms with Crippen LogP contribution < -0.4 is 5.73 Å². The number of hydrogen-bond acceptors (Lipinski definition) is 1. The van der Waals surface area contributed by atoms with Gasteiger partial charge < -0.3 is 5.73 Å². The smallest absolute Gasteiger partial charge is 0.0167 e. The lowest BCUT2D eigenvalue weighted by atomic mass is 9.40. The van der Waals surface area contributed by atoms with Gasteiger partial charge in [0, 0.05) is 5.54 Å². The van der Waals surface area contributed by atoms with Crippen LogP contribution in [0.4, 0.5) is 0 Å². The Balaban J connectivity index is 1.91. The average Bonchev–Trinajstić information content (AvgIpc) is 2.12. The molecule has 0 saturated heterocycles. The first-order chi connectivity index (χ1) is 8.03. The lowest BCUT2D eigenvalue weighted by Crippen LogP contribution is -2.63. The lowest BCUT2D eigenvalue weighted by molar-refractivity contribution is -0.128. The maximum absolute atomic E-state index is 6.75. The van der Waals surface area contributed by atoms with Crippen LogP contribution in [0.1, 0.15) is 78.1 Å². The van der Waals surface area contributed by atoms with E-state index in [1.165, 1.54) is 64.2 Å². The van der Waals surface area contributed by atoms with Crippen molar-refractivity contribution in [1.29, 1.82) is 0 Å². The van der Waals surface area contributed by atoms with E-state index in [9.17, 15) is 0 Å². The molecule has 2 N–H and O–H groups in total. The van der Waals surface area contributed by atoms with Crippen molar-refractivity contribution in [3.8, 4) is 0 Å². The molecule has 0 radical (unpaired) electrons. The normalized spacial score (nSPS) is 52.1. The summed E-state index contributed by atoms with van der Waals surface area (Å²) in [6.07, 6.45) is 14.1. The van der Waals surface area contributed by atoms with Gasteiger partial charge in [-0.1, -0.05) is 26.7 Å². The van der Waals surface area contributed by atoms with Crippen molar-refractivity contribution >= 4 is 0 Å². The molecule has 1 nitrogen and oxygen atoms in total. The van der Waals surface area contributed by atoms with E-state index in [2.05, 4.69) is 13.8 Å². The molecule has 4 aliphatic carbocycles. The zero-order valence-corrected chi connectivity index (χ0v) is 11.7. The Bertz CT molecular complexity index is 287. The molecule has 0 amide bonds. The van der Waals surface area contributed by atoms with Crippen molar-refractivity contribution in [2.24, 2.45) is 22.5 Å². The number of hydrogen-bond donors (Lipinski definition) is 1. The highest BCUT2D eigenvalue weighted by atomic mass is 14.8. The zero-order chi connectivity index (χ0) is 12.1. The molecule has 1 heteroatoms. The van der Waals surface area contributed by atoms with Gasteiger partial charge in [0.15, 0.2) is 0 Å². The van der Waals surface area contributed by atoms with Crippen LogP contribution >= 0.6 is 0 Å². The minimum absolute atomic E-state index is 0.226. The molecule has 4 aliphatic rings. The van der Waals surface area contributed by atoms with Gasteiger partial charge in [0.25, 0.3) is 0 Å². The number of nitrogens with two attached hydrogens (primary N) is 1. The third-order valence-corrected chi connectivity index (χ3v) is 5.90. The third kappa shape index (κ3) is 1.85. The Kier molecular flexibility index (Phi) is 2.63. The molecule has 0 heterocycles. The summed E-state index contributed by atoms with van der Waals surface area (Å²) >= 11 is 0. The fourth-order valence-corrected chi connectivity index (χ4v) is 6.54. The van der Waals surface area contributed by atoms with Gasteiger partial charge in [-0.3, -0.25) is 0 Å². The largest absolute Gasteiger partial charge is 0.325 e. The molecular weight excluding hydrogens is 206 g/mol. The van der Waals surface area contributed by atoms with Crippen molar-refractivity contribution in [3.63, 3.8) is 0 Å². The molecule has 98 valence electrons. The van der Waals surface area contributed by atoms with E-state index in [0.717, 1.165) is 5.92 Å². The maximum atomic E-state index is 6.75. The summed E-state index contributed by atoms with van der Waals surface area (Å²) in [6, 6.07) is 0. The quantitative estimate of drug-likeness (QED) is 0.774. The van der Waals surface area contributed by atoms with E-state index in [0.29, 0.717) is 10.8 Å². The van der Waals surface area contributed by atoms with Crippen LogP contribution in [0.2, 0.25) is 0 Å². The summed E-state index contributed by atoms with van der Waals surface area (Å²) < 4.78 is 0. The second-order valence-electron chi connectivity index (χ2n) is 7.87. The molecule has 0 aromatic carbocycles. The molecule has 0 aromatic rings. The van der Waals surface area contributed by atoms with Gasteiger partial charge in [-0.15, -0.1) is 0 Å². The summed E-state index contributed by atoms with van der Waals surface area (Å²) in [5.41, 5.74) is 8.28. The molecule has 2 unspecified atom stereocenters. The van der Waals surface area contributed by atoms with E-state index >= 15 is 0 Å². The highest BCUT2D eigenvalue weighted by Gasteiger charge is 2.60. The molecule has 4 bridgehead atoms. The van der Waals surface area contributed by atoms with Gasteiger partial charge in [-0.2, -0.15) is 0 Å². The van der Waals surface area contributed by atoms with E-state index in [-0.39, 0.29) is 5.54 Å². The van der Waals surface area contributed by atoms with Crippen molar-refractivity contribution < 1.29 is 0 Å². The summed E-state index contributed by atoms with van der Waals surface area (Å²) in [5, 5.41) is 0. The van der Waals surface area contributed by atoms with Crippen LogP contribution in [0.5, 0.6) is 0 Å². The predicted molar refractivity (Wildman–Crippen MR) is 72.8 cm³/mol. The monoisotopic (exact) mass is 235 g/mol. The summed E-state index contributed by atoms with van der Waals surface area (Å²) in [6.45, 7) is 4.71. The van der Waals surface area contributed by atoms with Crippen LogP contribution in [0, 0.1) is 16.7 Å². The average molecular weight is 235 g/mol. The minimum Gasteiger partial charge on any atom is -0.325 e. The fraction of sp³-hybridized carbons (Fsp3) is 1.00. The molecule has 17 heavy (non-hydrogen) atoms. The molecule has 0 aromatic heterocycles. The van der Waals surface area contributed by atoms with Crippen LogP contribution in [0.3, 0.4) is 0 Å². The van der Waals surface area contributed by atoms with Gasteiger partial charge in [0.1, 0.15) is 0 Å². The lowest BCUT2D eigenvalue weighted by Gasteiger charge is -2.66. The van der Waals surface area contributed by atoms with Crippen molar-refractivity contribution in [2.45, 2.75) is 83.6 Å². The molecule has 2 atom stereocenters. The van der Waals surface area contributed by atoms with E-state index in [1.807, 2.05) is 0 Å². The van der Waals surface area contributed by atoms with Crippen molar-refractivity contribution in [1.82, 2.24) is 0 Å². The Labute approximate surface area is 107 Å². The third-order valence-electron chi connectivity index (χ3n) is 5.90. The van der Waals surface area contributed by atoms with Gasteiger partial charge >= 0.3 is 0 Å². The van der Waals surface area contributed by atoms with Crippen LogP contribution in [0.15, 0.2) is 0 Å². The summed E-state index contributed by atoms with van der Waals surface area (Å²) in [5.74, 6) is 0.967.